The van der Waals surface area contributed by atoms with Gasteiger partial charge < -0.3 is 0 Å². The third kappa shape index (κ3) is 1.25. The fourth-order valence-corrected chi connectivity index (χ4v) is 0.973. The summed E-state index contributed by atoms with van der Waals surface area (Å²) >= 11 is 0. The van der Waals surface area contributed by atoms with E-state index in [1.807, 2.05) is 13.8 Å². The van der Waals surface area contributed by atoms with Crippen LogP contribution in [0.1, 0.15) is 26.7 Å². The summed E-state index contributed by atoms with van der Waals surface area (Å²) in [6, 6.07) is 0. The van der Waals surface area contributed by atoms with Crippen molar-refractivity contribution in [2.45, 2.75) is 26.7 Å². The largest absolute Gasteiger partial charge is 0.299 e. The van der Waals surface area contributed by atoms with E-state index in [1.165, 1.54) is 6.42 Å². The minimum atomic E-state index is -0.298. The molecule has 1 aliphatic carbocycles. The van der Waals surface area contributed by atoms with Crippen LogP contribution in [0.15, 0.2) is 0 Å². The second-order valence-electron chi connectivity index (χ2n) is 3.36. The molecule has 2 nitrogen and oxygen atoms in total. The van der Waals surface area contributed by atoms with Crippen LogP contribution >= 0.6 is 0 Å². The zero-order valence-electron chi connectivity index (χ0n) is 6.31. The average molecular weight is 139 g/mol. The van der Waals surface area contributed by atoms with Gasteiger partial charge in [0, 0.05) is 11.8 Å². The van der Waals surface area contributed by atoms with Gasteiger partial charge in [0.2, 0.25) is 0 Å². The Morgan fingerprint density at radius 3 is 2.40 bits per heavy atom. The molecule has 0 aromatic rings. The first-order valence-corrected chi connectivity index (χ1v) is 3.44. The minimum Gasteiger partial charge on any atom is -0.299 e. The summed E-state index contributed by atoms with van der Waals surface area (Å²) in [5.74, 6) is -0.0481. The number of carbonyl (C=O) groups excluding carboxylic acids is 2. The average Bonchev–Trinajstić information content (AvgIpc) is 1.81. The molecule has 0 saturated heterocycles. The second-order valence-corrected chi connectivity index (χ2v) is 3.36. The van der Waals surface area contributed by atoms with Crippen LogP contribution in [0.5, 0.6) is 0 Å². The highest BCUT2D eigenvalue weighted by Gasteiger charge is 2.33. The van der Waals surface area contributed by atoms with E-state index in [-0.39, 0.29) is 17.0 Å². The Kier molecular flexibility index (Phi) is 1.63. The molecule has 0 aromatic carbocycles. The lowest BCUT2D eigenvalue weighted by Crippen LogP contribution is -2.32. The lowest BCUT2D eigenvalue weighted by atomic mass is 9.76. The Balaban J connectivity index is 2.70. The number of ketones is 2. The quantitative estimate of drug-likeness (QED) is 0.504. The highest BCUT2D eigenvalue weighted by molar-refractivity contribution is 6.14. The minimum absolute atomic E-state index is 0.0238. The summed E-state index contributed by atoms with van der Waals surface area (Å²) in [6.07, 6.45) is 2.45. The molecule has 0 heterocycles. The summed E-state index contributed by atoms with van der Waals surface area (Å²) in [5.41, 5.74) is -0.298. The maximum Gasteiger partial charge on any atom is 0.150 e. The van der Waals surface area contributed by atoms with E-state index in [2.05, 4.69) is 0 Å². The molecule has 10 heavy (non-hydrogen) atoms. The van der Waals surface area contributed by atoms with Crippen molar-refractivity contribution in [3.05, 3.63) is 6.42 Å². The first kappa shape index (κ1) is 7.45. The van der Waals surface area contributed by atoms with Gasteiger partial charge in [0.1, 0.15) is 11.6 Å². The van der Waals surface area contributed by atoms with Crippen LogP contribution in [0.3, 0.4) is 0 Å². The number of Topliss-reactive ketones (excluding diaryl/α,β-unsaturated/α-hetero) is 2. The van der Waals surface area contributed by atoms with E-state index < -0.39 is 0 Å². The van der Waals surface area contributed by atoms with Gasteiger partial charge in [-0.1, -0.05) is 13.8 Å². The number of carbonyl (C=O) groups is 2. The van der Waals surface area contributed by atoms with Crippen molar-refractivity contribution >= 4 is 11.6 Å². The highest BCUT2D eigenvalue weighted by Crippen LogP contribution is 2.29. The summed E-state index contributed by atoms with van der Waals surface area (Å²) < 4.78 is 0. The molecule has 2 heteroatoms. The van der Waals surface area contributed by atoms with Gasteiger partial charge in [-0.3, -0.25) is 9.59 Å². The SMILES string of the molecule is CC1(C)CCC(=O)[CH]C1=O. The first-order valence-electron chi connectivity index (χ1n) is 3.44. The molecule has 1 rings (SSSR count). The lowest BCUT2D eigenvalue weighted by Gasteiger charge is -2.25. The van der Waals surface area contributed by atoms with Gasteiger partial charge in [-0.2, -0.15) is 0 Å². The molecule has 1 fully saturated rings. The zero-order valence-corrected chi connectivity index (χ0v) is 6.31. The van der Waals surface area contributed by atoms with Crippen LogP contribution < -0.4 is 0 Å². The van der Waals surface area contributed by atoms with E-state index in [0.29, 0.717) is 12.8 Å². The Bertz CT molecular complexity index is 180. The predicted octanol–water partition coefficient (Wildman–Crippen LogP) is 1.15. The number of rotatable bonds is 0. The Hall–Kier alpha value is -0.660. The van der Waals surface area contributed by atoms with Gasteiger partial charge in [-0.15, -0.1) is 0 Å². The first-order chi connectivity index (χ1) is 4.52. The fourth-order valence-electron chi connectivity index (χ4n) is 0.973. The van der Waals surface area contributed by atoms with Crippen molar-refractivity contribution < 1.29 is 9.59 Å². The third-order valence-corrected chi connectivity index (χ3v) is 1.96. The van der Waals surface area contributed by atoms with E-state index in [9.17, 15) is 9.59 Å². The summed E-state index contributed by atoms with van der Waals surface area (Å²) in [5, 5.41) is 0. The van der Waals surface area contributed by atoms with Crippen molar-refractivity contribution in [2.24, 2.45) is 5.41 Å². The fraction of sp³-hybridized carbons (Fsp3) is 0.625. The Morgan fingerprint density at radius 2 is 2.00 bits per heavy atom. The summed E-state index contributed by atoms with van der Waals surface area (Å²) in [7, 11) is 0. The number of hydrogen-bond donors (Lipinski definition) is 0. The van der Waals surface area contributed by atoms with Crippen molar-refractivity contribution in [1.82, 2.24) is 0 Å². The van der Waals surface area contributed by atoms with Crippen LogP contribution in [0.2, 0.25) is 0 Å². The van der Waals surface area contributed by atoms with Crippen LogP contribution in [0.25, 0.3) is 0 Å². The molecule has 0 aromatic heterocycles. The smallest absolute Gasteiger partial charge is 0.150 e. The molecule has 0 spiro atoms. The van der Waals surface area contributed by atoms with Crippen LogP contribution in [-0.2, 0) is 9.59 Å². The summed E-state index contributed by atoms with van der Waals surface area (Å²) in [4.78, 5) is 21.7. The molecule has 0 unspecified atom stereocenters. The second kappa shape index (κ2) is 2.19. The standard InChI is InChI=1S/C8H11O2/c1-8(2)4-3-6(9)5-7(8)10/h5H,3-4H2,1-2H3. The Labute approximate surface area is 60.6 Å². The lowest BCUT2D eigenvalue weighted by molar-refractivity contribution is -0.131. The molecule has 0 bridgehead atoms. The van der Waals surface area contributed by atoms with Crippen molar-refractivity contribution in [2.75, 3.05) is 0 Å². The van der Waals surface area contributed by atoms with Crippen LogP contribution in [0.4, 0.5) is 0 Å². The molecular formula is C8H11O2. The van der Waals surface area contributed by atoms with Crippen molar-refractivity contribution in [3.63, 3.8) is 0 Å². The molecule has 0 atom stereocenters. The van der Waals surface area contributed by atoms with E-state index in [0.717, 1.165) is 0 Å². The predicted molar refractivity (Wildman–Crippen MR) is 37.3 cm³/mol. The topological polar surface area (TPSA) is 34.1 Å². The summed E-state index contributed by atoms with van der Waals surface area (Å²) in [6.45, 7) is 3.75. The highest BCUT2D eigenvalue weighted by atomic mass is 16.1. The normalized spacial score (nSPS) is 25.0. The van der Waals surface area contributed by atoms with Gasteiger partial charge in [0.25, 0.3) is 0 Å². The Morgan fingerprint density at radius 1 is 1.40 bits per heavy atom. The molecule has 1 aliphatic rings. The molecule has 0 N–H and O–H groups in total. The van der Waals surface area contributed by atoms with E-state index >= 15 is 0 Å². The third-order valence-electron chi connectivity index (χ3n) is 1.96. The molecule has 0 aliphatic heterocycles. The van der Waals surface area contributed by atoms with Gasteiger partial charge in [0.05, 0.1) is 6.42 Å². The molecule has 1 saturated carbocycles. The molecule has 1 radical (unpaired) electrons. The molecular weight excluding hydrogens is 128 g/mol. The van der Waals surface area contributed by atoms with Gasteiger partial charge >= 0.3 is 0 Å². The van der Waals surface area contributed by atoms with Crippen LogP contribution in [-0.4, -0.2) is 11.6 Å². The van der Waals surface area contributed by atoms with Gasteiger partial charge in [-0.25, -0.2) is 0 Å². The van der Waals surface area contributed by atoms with Crippen LogP contribution in [0, 0.1) is 11.8 Å². The van der Waals surface area contributed by atoms with Crippen molar-refractivity contribution in [1.29, 1.82) is 0 Å². The van der Waals surface area contributed by atoms with E-state index in [4.69, 9.17) is 0 Å². The van der Waals surface area contributed by atoms with Crippen molar-refractivity contribution in [3.8, 4) is 0 Å². The number of hydrogen-bond acceptors (Lipinski definition) is 2. The maximum atomic E-state index is 11.0. The van der Waals surface area contributed by atoms with Gasteiger partial charge in [-0.05, 0) is 6.42 Å². The monoisotopic (exact) mass is 139 g/mol. The van der Waals surface area contributed by atoms with Gasteiger partial charge in [0.15, 0.2) is 0 Å². The zero-order chi connectivity index (χ0) is 7.78. The molecule has 0 amide bonds. The molecule has 55 valence electrons. The maximum absolute atomic E-state index is 11.0. The van der Waals surface area contributed by atoms with E-state index in [1.54, 1.807) is 0 Å².